The molecule has 0 aliphatic heterocycles. The monoisotopic (exact) mass is 226 g/mol. The predicted molar refractivity (Wildman–Crippen MR) is 67.8 cm³/mol. The van der Waals surface area contributed by atoms with E-state index in [4.69, 9.17) is 4.74 Å². The topological polar surface area (TPSA) is 9.23 Å². The second-order valence-corrected chi connectivity index (χ2v) is 5.77. The standard InChI is InChI=1S/C16H18O/c1-2-5-12(6-3-1)17-16-10-11-9-15(16)14-8-4-7-13(11)14/h1-6,8,11,13-16H,7,9-10H2/t11-,13-,14+,15-,16-/m1/s1. The maximum absolute atomic E-state index is 6.18. The zero-order chi connectivity index (χ0) is 11.2. The van der Waals surface area contributed by atoms with E-state index in [-0.39, 0.29) is 0 Å². The fourth-order valence-electron chi connectivity index (χ4n) is 4.29. The molecule has 2 saturated carbocycles. The highest BCUT2D eigenvalue weighted by Crippen LogP contribution is 2.57. The highest BCUT2D eigenvalue weighted by atomic mass is 16.5. The van der Waals surface area contributed by atoms with E-state index in [1.165, 1.54) is 19.3 Å². The molecule has 0 unspecified atom stereocenters. The van der Waals surface area contributed by atoms with Crippen LogP contribution in [0.1, 0.15) is 19.3 Å². The van der Waals surface area contributed by atoms with Gasteiger partial charge >= 0.3 is 0 Å². The van der Waals surface area contributed by atoms with E-state index in [1.807, 2.05) is 6.07 Å². The molecule has 0 radical (unpaired) electrons. The number of ether oxygens (including phenoxy) is 1. The van der Waals surface area contributed by atoms with Crippen molar-refractivity contribution in [2.24, 2.45) is 23.7 Å². The van der Waals surface area contributed by atoms with Gasteiger partial charge in [-0.3, -0.25) is 0 Å². The summed E-state index contributed by atoms with van der Waals surface area (Å²) >= 11 is 0. The number of hydrogen-bond donors (Lipinski definition) is 0. The minimum atomic E-state index is 0.464. The molecule has 17 heavy (non-hydrogen) atoms. The van der Waals surface area contributed by atoms with Gasteiger partial charge in [0.1, 0.15) is 11.9 Å². The maximum Gasteiger partial charge on any atom is 0.119 e. The Bertz CT molecular complexity index is 436. The fourth-order valence-corrected chi connectivity index (χ4v) is 4.29. The number of hydrogen-bond acceptors (Lipinski definition) is 1. The van der Waals surface area contributed by atoms with E-state index in [1.54, 1.807) is 0 Å². The summed E-state index contributed by atoms with van der Waals surface area (Å²) in [5, 5.41) is 0. The Kier molecular flexibility index (Phi) is 2.08. The van der Waals surface area contributed by atoms with Gasteiger partial charge in [0.15, 0.2) is 0 Å². The molecule has 3 aliphatic carbocycles. The van der Waals surface area contributed by atoms with Crippen molar-refractivity contribution >= 4 is 0 Å². The van der Waals surface area contributed by atoms with Crippen LogP contribution >= 0.6 is 0 Å². The molecule has 1 nitrogen and oxygen atoms in total. The predicted octanol–water partition coefficient (Wildman–Crippen LogP) is 3.67. The molecule has 88 valence electrons. The molecule has 0 N–H and O–H groups in total. The molecule has 5 atom stereocenters. The number of allylic oxidation sites excluding steroid dienone is 2. The molecule has 3 aliphatic rings. The van der Waals surface area contributed by atoms with Gasteiger partial charge in [0.05, 0.1) is 0 Å². The van der Waals surface area contributed by atoms with Crippen LogP contribution in [0.2, 0.25) is 0 Å². The molecule has 2 bridgehead atoms. The molecule has 0 spiro atoms. The van der Waals surface area contributed by atoms with Crippen LogP contribution in [0.15, 0.2) is 42.5 Å². The van der Waals surface area contributed by atoms with E-state index < -0.39 is 0 Å². The van der Waals surface area contributed by atoms with Crippen LogP contribution in [0, 0.1) is 23.7 Å². The molecule has 1 aromatic rings. The third kappa shape index (κ3) is 1.45. The van der Waals surface area contributed by atoms with Crippen molar-refractivity contribution in [3.05, 3.63) is 42.5 Å². The lowest BCUT2D eigenvalue weighted by Gasteiger charge is -2.31. The van der Waals surface area contributed by atoms with E-state index in [9.17, 15) is 0 Å². The minimum Gasteiger partial charge on any atom is -0.490 e. The SMILES string of the molecule is C1=C[C@H]2[C@H](C1)[C@@H]1C[C@H]2[C@H](Oc2ccccc2)C1. The first-order valence-corrected chi connectivity index (χ1v) is 6.80. The molecule has 0 heterocycles. The van der Waals surface area contributed by atoms with E-state index >= 15 is 0 Å². The first-order valence-electron chi connectivity index (χ1n) is 6.80. The maximum atomic E-state index is 6.18. The number of benzene rings is 1. The normalized spacial score (nSPS) is 41.8. The van der Waals surface area contributed by atoms with Gasteiger partial charge in [-0.25, -0.2) is 0 Å². The van der Waals surface area contributed by atoms with Crippen LogP contribution in [-0.2, 0) is 0 Å². The average Bonchev–Trinajstić information content (AvgIpc) is 3.01. The van der Waals surface area contributed by atoms with Crippen LogP contribution in [-0.4, -0.2) is 6.10 Å². The Morgan fingerprint density at radius 2 is 1.88 bits per heavy atom. The van der Waals surface area contributed by atoms with Gasteiger partial charge in [-0.05, 0) is 49.1 Å². The van der Waals surface area contributed by atoms with Crippen molar-refractivity contribution in [1.82, 2.24) is 0 Å². The summed E-state index contributed by atoms with van der Waals surface area (Å²) in [5.41, 5.74) is 0. The molecule has 1 aromatic carbocycles. The molecule has 1 heteroatoms. The van der Waals surface area contributed by atoms with E-state index in [0.29, 0.717) is 6.10 Å². The van der Waals surface area contributed by atoms with E-state index in [2.05, 4.69) is 36.4 Å². The molecule has 4 rings (SSSR count). The molecule has 0 saturated heterocycles. The van der Waals surface area contributed by atoms with Gasteiger partial charge in [0, 0.05) is 5.92 Å². The smallest absolute Gasteiger partial charge is 0.119 e. The summed E-state index contributed by atoms with van der Waals surface area (Å²) in [6.45, 7) is 0. The number of fused-ring (bicyclic) bond motifs is 5. The fraction of sp³-hybridized carbons (Fsp3) is 0.500. The average molecular weight is 226 g/mol. The highest BCUT2D eigenvalue weighted by molar-refractivity contribution is 5.23. The molecular weight excluding hydrogens is 208 g/mol. The van der Waals surface area contributed by atoms with Crippen molar-refractivity contribution in [1.29, 1.82) is 0 Å². The molecule has 2 fully saturated rings. The number of para-hydroxylation sites is 1. The first kappa shape index (κ1) is 9.76. The van der Waals surface area contributed by atoms with Crippen molar-refractivity contribution in [2.45, 2.75) is 25.4 Å². The largest absolute Gasteiger partial charge is 0.490 e. The van der Waals surface area contributed by atoms with Crippen molar-refractivity contribution in [3.63, 3.8) is 0 Å². The van der Waals surface area contributed by atoms with Crippen molar-refractivity contribution in [2.75, 3.05) is 0 Å². The van der Waals surface area contributed by atoms with Gasteiger partial charge in [-0.2, -0.15) is 0 Å². The second-order valence-electron chi connectivity index (χ2n) is 5.77. The second kappa shape index (κ2) is 3.63. The third-order valence-corrected chi connectivity index (χ3v) is 4.98. The highest BCUT2D eigenvalue weighted by Gasteiger charge is 2.53. The van der Waals surface area contributed by atoms with Crippen LogP contribution in [0.25, 0.3) is 0 Å². The summed E-state index contributed by atoms with van der Waals surface area (Å²) < 4.78 is 6.18. The Hall–Kier alpha value is -1.24. The molecule has 0 aromatic heterocycles. The Labute approximate surface area is 102 Å². The van der Waals surface area contributed by atoms with Crippen LogP contribution < -0.4 is 4.74 Å². The summed E-state index contributed by atoms with van der Waals surface area (Å²) in [7, 11) is 0. The Morgan fingerprint density at radius 1 is 1.00 bits per heavy atom. The third-order valence-electron chi connectivity index (χ3n) is 4.98. The quantitative estimate of drug-likeness (QED) is 0.699. The van der Waals surface area contributed by atoms with Crippen molar-refractivity contribution in [3.8, 4) is 5.75 Å². The summed E-state index contributed by atoms with van der Waals surface area (Å²) in [5.74, 6) is 4.53. The molecular formula is C16H18O. The lowest BCUT2D eigenvalue weighted by Crippen LogP contribution is -2.32. The van der Waals surface area contributed by atoms with Gasteiger partial charge in [-0.15, -0.1) is 0 Å². The Morgan fingerprint density at radius 3 is 2.76 bits per heavy atom. The van der Waals surface area contributed by atoms with Crippen LogP contribution in [0.5, 0.6) is 5.75 Å². The lowest BCUT2D eigenvalue weighted by atomic mass is 9.80. The summed E-state index contributed by atoms with van der Waals surface area (Å²) in [6, 6.07) is 10.3. The molecule has 0 amide bonds. The Balaban J connectivity index is 1.53. The lowest BCUT2D eigenvalue weighted by molar-refractivity contribution is 0.0955. The van der Waals surface area contributed by atoms with E-state index in [0.717, 1.165) is 29.4 Å². The summed E-state index contributed by atoms with van der Waals surface area (Å²) in [4.78, 5) is 0. The van der Waals surface area contributed by atoms with Crippen molar-refractivity contribution < 1.29 is 4.74 Å². The van der Waals surface area contributed by atoms with Gasteiger partial charge < -0.3 is 4.74 Å². The van der Waals surface area contributed by atoms with Gasteiger partial charge in [0.25, 0.3) is 0 Å². The van der Waals surface area contributed by atoms with Gasteiger partial charge in [0.2, 0.25) is 0 Å². The van der Waals surface area contributed by atoms with Crippen LogP contribution in [0.4, 0.5) is 0 Å². The number of rotatable bonds is 2. The first-order chi connectivity index (χ1) is 8.42. The van der Waals surface area contributed by atoms with Gasteiger partial charge in [-0.1, -0.05) is 30.4 Å². The van der Waals surface area contributed by atoms with Crippen LogP contribution in [0.3, 0.4) is 0 Å². The minimum absolute atomic E-state index is 0.464. The summed E-state index contributed by atoms with van der Waals surface area (Å²) in [6.07, 6.45) is 9.31. The zero-order valence-electron chi connectivity index (χ0n) is 9.96. The zero-order valence-corrected chi connectivity index (χ0v) is 9.96.